The van der Waals surface area contributed by atoms with Crippen LogP contribution in [-0.2, 0) is 13.1 Å². The minimum absolute atomic E-state index is 0.193. The minimum atomic E-state index is -0.193. The summed E-state index contributed by atoms with van der Waals surface area (Å²) in [5, 5.41) is 9.75. The Morgan fingerprint density at radius 2 is 2.16 bits per heavy atom. The molecule has 0 spiro atoms. The van der Waals surface area contributed by atoms with Gasteiger partial charge < -0.3 is 20.9 Å². The van der Waals surface area contributed by atoms with Crippen LogP contribution in [-0.4, -0.2) is 40.2 Å². The van der Waals surface area contributed by atoms with Gasteiger partial charge in [-0.1, -0.05) is 29.8 Å². The Labute approximate surface area is 146 Å². The number of rotatable bonds is 6. The minimum Gasteiger partial charge on any atom is -0.338 e. The van der Waals surface area contributed by atoms with E-state index in [1.807, 2.05) is 30.3 Å². The molecule has 2 heterocycles. The molecule has 3 rings (SSSR count). The zero-order valence-corrected chi connectivity index (χ0v) is 14.1. The predicted molar refractivity (Wildman–Crippen MR) is 93.7 cm³/mol. The zero-order chi connectivity index (χ0) is 17.5. The first kappa shape index (κ1) is 17.4. The number of anilines is 1. The van der Waals surface area contributed by atoms with Crippen LogP contribution in [0.4, 0.5) is 10.5 Å². The summed E-state index contributed by atoms with van der Waals surface area (Å²) in [5.74, 6) is 1.09. The van der Waals surface area contributed by atoms with Crippen molar-refractivity contribution >= 4 is 11.7 Å². The first-order chi connectivity index (χ1) is 12.2. The number of nitrogens with zero attached hydrogens (tertiary/aromatic N) is 3. The standard InChI is InChI=1S/C17H24N6O2/c18-10-16-21-15(22-25-16)12-23-9-5-4-8-14(23)11-19-17(24)20-13-6-2-1-3-7-13/h1-3,6-7,14H,4-5,8-12,18H2,(H2,19,20,24). The number of para-hydroxylation sites is 1. The molecule has 1 unspecified atom stereocenters. The van der Waals surface area contributed by atoms with Crippen molar-refractivity contribution in [2.45, 2.75) is 38.4 Å². The van der Waals surface area contributed by atoms with Crippen molar-refractivity contribution < 1.29 is 9.32 Å². The fourth-order valence-electron chi connectivity index (χ4n) is 3.03. The first-order valence-corrected chi connectivity index (χ1v) is 8.60. The highest BCUT2D eigenvalue weighted by atomic mass is 16.5. The molecule has 1 aromatic heterocycles. The number of hydrogen-bond donors (Lipinski definition) is 3. The summed E-state index contributed by atoms with van der Waals surface area (Å²) in [6.45, 7) is 2.40. The average Bonchev–Trinajstić information content (AvgIpc) is 3.09. The lowest BCUT2D eigenvalue weighted by atomic mass is 10.0. The molecule has 1 fully saturated rings. The Bertz CT molecular complexity index is 675. The fraction of sp³-hybridized carbons (Fsp3) is 0.471. The van der Waals surface area contributed by atoms with Crippen LogP contribution in [0.1, 0.15) is 31.0 Å². The van der Waals surface area contributed by atoms with Gasteiger partial charge in [0.2, 0.25) is 5.89 Å². The van der Waals surface area contributed by atoms with Crippen molar-refractivity contribution in [1.29, 1.82) is 0 Å². The summed E-state index contributed by atoms with van der Waals surface area (Å²) in [7, 11) is 0. The van der Waals surface area contributed by atoms with Crippen LogP contribution in [0, 0.1) is 0 Å². The van der Waals surface area contributed by atoms with Gasteiger partial charge in [0.15, 0.2) is 5.82 Å². The van der Waals surface area contributed by atoms with Crippen molar-refractivity contribution in [3.8, 4) is 0 Å². The smallest absolute Gasteiger partial charge is 0.319 e. The largest absolute Gasteiger partial charge is 0.338 e. The van der Waals surface area contributed by atoms with Crippen LogP contribution < -0.4 is 16.4 Å². The Morgan fingerprint density at radius 3 is 2.92 bits per heavy atom. The number of benzene rings is 1. The SMILES string of the molecule is NCc1nc(CN2CCCCC2CNC(=O)Nc2ccccc2)no1. The summed E-state index contributed by atoms with van der Waals surface area (Å²) >= 11 is 0. The van der Waals surface area contributed by atoms with E-state index >= 15 is 0 Å². The number of hydrogen-bond acceptors (Lipinski definition) is 6. The topological polar surface area (TPSA) is 109 Å². The molecule has 0 radical (unpaired) electrons. The highest BCUT2D eigenvalue weighted by molar-refractivity contribution is 5.89. The van der Waals surface area contributed by atoms with Gasteiger partial charge in [-0.2, -0.15) is 4.98 Å². The third kappa shape index (κ3) is 5.01. The molecule has 1 aliphatic rings. The Kier molecular flexibility index (Phi) is 5.97. The highest BCUT2D eigenvalue weighted by Crippen LogP contribution is 2.18. The number of carbonyl (C=O) groups excluding carboxylic acids is 1. The predicted octanol–water partition coefficient (Wildman–Crippen LogP) is 1.70. The molecule has 1 aromatic carbocycles. The molecular formula is C17H24N6O2. The van der Waals surface area contributed by atoms with Crippen LogP contribution >= 0.6 is 0 Å². The van der Waals surface area contributed by atoms with Gasteiger partial charge in [0, 0.05) is 18.3 Å². The molecule has 25 heavy (non-hydrogen) atoms. The molecule has 8 heteroatoms. The van der Waals surface area contributed by atoms with Crippen LogP contribution in [0.25, 0.3) is 0 Å². The average molecular weight is 344 g/mol. The number of aromatic nitrogens is 2. The number of urea groups is 1. The summed E-state index contributed by atoms with van der Waals surface area (Å²) in [6, 6.07) is 9.47. The first-order valence-electron chi connectivity index (χ1n) is 8.60. The van der Waals surface area contributed by atoms with E-state index in [1.54, 1.807) is 0 Å². The molecule has 2 amide bonds. The number of carbonyl (C=O) groups is 1. The van der Waals surface area contributed by atoms with E-state index in [-0.39, 0.29) is 18.6 Å². The van der Waals surface area contributed by atoms with Gasteiger partial charge in [-0.25, -0.2) is 4.79 Å². The molecule has 1 atom stereocenters. The van der Waals surface area contributed by atoms with Gasteiger partial charge in [0.25, 0.3) is 0 Å². The number of amides is 2. The Morgan fingerprint density at radius 1 is 1.32 bits per heavy atom. The van der Waals surface area contributed by atoms with Gasteiger partial charge in [-0.05, 0) is 31.5 Å². The van der Waals surface area contributed by atoms with E-state index in [0.717, 1.165) is 31.5 Å². The molecule has 1 aliphatic heterocycles. The number of piperidine rings is 1. The second-order valence-electron chi connectivity index (χ2n) is 6.13. The molecule has 134 valence electrons. The van der Waals surface area contributed by atoms with Gasteiger partial charge in [0.1, 0.15) is 0 Å². The number of likely N-dealkylation sites (tertiary alicyclic amines) is 1. The van der Waals surface area contributed by atoms with Gasteiger partial charge in [-0.15, -0.1) is 0 Å². The van der Waals surface area contributed by atoms with E-state index in [1.165, 1.54) is 0 Å². The second-order valence-corrected chi connectivity index (χ2v) is 6.13. The summed E-state index contributed by atoms with van der Waals surface area (Å²) in [6.07, 6.45) is 3.32. The molecule has 2 aromatic rings. The van der Waals surface area contributed by atoms with E-state index in [2.05, 4.69) is 25.7 Å². The van der Waals surface area contributed by atoms with Gasteiger partial charge in [0.05, 0.1) is 13.1 Å². The Balaban J connectivity index is 1.51. The summed E-state index contributed by atoms with van der Waals surface area (Å²) in [4.78, 5) is 18.6. The van der Waals surface area contributed by atoms with Crippen LogP contribution in [0.2, 0.25) is 0 Å². The third-order valence-electron chi connectivity index (χ3n) is 4.31. The normalized spacial score (nSPS) is 18.0. The maximum absolute atomic E-state index is 12.1. The summed E-state index contributed by atoms with van der Waals surface area (Å²) in [5.41, 5.74) is 6.28. The van der Waals surface area contributed by atoms with E-state index in [4.69, 9.17) is 10.3 Å². The van der Waals surface area contributed by atoms with Crippen molar-refractivity contribution in [1.82, 2.24) is 20.4 Å². The molecule has 0 aliphatic carbocycles. The third-order valence-corrected chi connectivity index (χ3v) is 4.31. The lowest BCUT2D eigenvalue weighted by Gasteiger charge is -2.34. The van der Waals surface area contributed by atoms with E-state index < -0.39 is 0 Å². The maximum Gasteiger partial charge on any atom is 0.319 e. The highest BCUT2D eigenvalue weighted by Gasteiger charge is 2.24. The van der Waals surface area contributed by atoms with Gasteiger partial charge >= 0.3 is 6.03 Å². The lowest BCUT2D eigenvalue weighted by molar-refractivity contribution is 0.134. The molecule has 0 bridgehead atoms. The molecule has 0 saturated carbocycles. The number of nitrogens with two attached hydrogens (primary N) is 1. The van der Waals surface area contributed by atoms with Crippen LogP contribution in [0.3, 0.4) is 0 Å². The van der Waals surface area contributed by atoms with Crippen LogP contribution in [0.5, 0.6) is 0 Å². The lowest BCUT2D eigenvalue weighted by Crippen LogP contribution is -2.47. The molecule has 8 nitrogen and oxygen atoms in total. The summed E-state index contributed by atoms with van der Waals surface area (Å²) < 4.78 is 5.06. The molecule has 1 saturated heterocycles. The Hall–Kier alpha value is -2.45. The molecular weight excluding hydrogens is 320 g/mol. The zero-order valence-electron chi connectivity index (χ0n) is 14.1. The van der Waals surface area contributed by atoms with Crippen molar-refractivity contribution in [2.24, 2.45) is 5.73 Å². The van der Waals surface area contributed by atoms with E-state index in [0.29, 0.717) is 24.8 Å². The quantitative estimate of drug-likeness (QED) is 0.736. The second kappa shape index (κ2) is 8.59. The van der Waals surface area contributed by atoms with Crippen molar-refractivity contribution in [3.63, 3.8) is 0 Å². The number of nitrogens with one attached hydrogen (secondary N) is 2. The van der Waals surface area contributed by atoms with Crippen molar-refractivity contribution in [3.05, 3.63) is 42.0 Å². The monoisotopic (exact) mass is 344 g/mol. The van der Waals surface area contributed by atoms with Crippen molar-refractivity contribution in [2.75, 3.05) is 18.4 Å². The van der Waals surface area contributed by atoms with Crippen LogP contribution in [0.15, 0.2) is 34.9 Å². The fourth-order valence-corrected chi connectivity index (χ4v) is 3.03. The van der Waals surface area contributed by atoms with E-state index in [9.17, 15) is 4.79 Å². The maximum atomic E-state index is 12.1. The van der Waals surface area contributed by atoms with Gasteiger partial charge in [-0.3, -0.25) is 4.90 Å². The molecule has 4 N–H and O–H groups in total.